The highest BCUT2D eigenvalue weighted by molar-refractivity contribution is 5.96. The maximum Gasteiger partial charge on any atom is 0.227 e. The molecular weight excluding hydrogens is 446 g/mol. The second kappa shape index (κ2) is 10.9. The van der Waals surface area contributed by atoms with E-state index in [1.54, 1.807) is 38.7 Å². The van der Waals surface area contributed by atoms with Gasteiger partial charge >= 0.3 is 0 Å². The summed E-state index contributed by atoms with van der Waals surface area (Å²) in [6, 6.07) is 14.9. The molecule has 2 amide bonds. The van der Waals surface area contributed by atoms with Crippen LogP contribution in [0.3, 0.4) is 0 Å². The Balaban J connectivity index is 1.39. The minimum absolute atomic E-state index is 0.0652. The van der Waals surface area contributed by atoms with Crippen molar-refractivity contribution in [2.24, 2.45) is 5.92 Å². The first-order valence-corrected chi connectivity index (χ1v) is 11.4. The van der Waals surface area contributed by atoms with Crippen molar-refractivity contribution in [2.45, 2.75) is 19.8 Å². The zero-order chi connectivity index (χ0) is 24.8. The molecule has 0 unspecified atom stereocenters. The Morgan fingerprint density at radius 1 is 0.943 bits per heavy atom. The van der Waals surface area contributed by atoms with Crippen molar-refractivity contribution < 1.29 is 19.1 Å². The Morgan fingerprint density at radius 2 is 1.69 bits per heavy atom. The van der Waals surface area contributed by atoms with Gasteiger partial charge in [-0.2, -0.15) is 0 Å². The van der Waals surface area contributed by atoms with Gasteiger partial charge in [-0.3, -0.25) is 9.59 Å². The van der Waals surface area contributed by atoms with Gasteiger partial charge in [0, 0.05) is 43.2 Å². The minimum Gasteiger partial charge on any atom is -0.497 e. The largest absolute Gasteiger partial charge is 0.497 e. The molecule has 1 aliphatic rings. The molecule has 0 atom stereocenters. The molecule has 0 bridgehead atoms. The average Bonchev–Trinajstić information content (AvgIpc) is 2.89. The monoisotopic (exact) mass is 475 g/mol. The molecule has 0 saturated carbocycles. The third-order valence-corrected chi connectivity index (χ3v) is 6.01. The lowest BCUT2D eigenvalue weighted by molar-refractivity contribution is -0.120. The predicted octanol–water partition coefficient (Wildman–Crippen LogP) is 3.97. The van der Waals surface area contributed by atoms with Gasteiger partial charge in [0.1, 0.15) is 23.6 Å². The van der Waals surface area contributed by atoms with Crippen LogP contribution in [0.25, 0.3) is 11.3 Å². The van der Waals surface area contributed by atoms with E-state index in [0.717, 1.165) is 22.8 Å². The number of piperidine rings is 1. The van der Waals surface area contributed by atoms with E-state index in [2.05, 4.69) is 25.5 Å². The van der Waals surface area contributed by atoms with Crippen LogP contribution in [-0.2, 0) is 9.59 Å². The Labute approximate surface area is 204 Å². The molecule has 1 aromatic heterocycles. The zero-order valence-electron chi connectivity index (χ0n) is 20.1. The van der Waals surface area contributed by atoms with Gasteiger partial charge in [-0.25, -0.2) is 9.97 Å². The van der Waals surface area contributed by atoms with E-state index in [-0.39, 0.29) is 17.7 Å². The second-order valence-corrected chi connectivity index (χ2v) is 8.34. The lowest BCUT2D eigenvalue weighted by Gasteiger charge is -2.32. The van der Waals surface area contributed by atoms with Crippen molar-refractivity contribution in [3.05, 3.63) is 54.9 Å². The maximum absolute atomic E-state index is 13.0. The fourth-order valence-corrected chi connectivity index (χ4v) is 4.13. The number of anilines is 3. The SMILES string of the molecule is COc1ccc(-c2cc(N3CCC(C(=O)Nc4cc(NC(C)=O)ccc4OC)CC3)ncn2)cc1. The summed E-state index contributed by atoms with van der Waals surface area (Å²) >= 11 is 0. The van der Waals surface area contributed by atoms with Crippen LogP contribution in [0.2, 0.25) is 0 Å². The van der Waals surface area contributed by atoms with Crippen molar-refractivity contribution in [3.8, 4) is 22.8 Å². The zero-order valence-corrected chi connectivity index (χ0v) is 20.1. The summed E-state index contributed by atoms with van der Waals surface area (Å²) < 4.78 is 10.6. The number of amides is 2. The quantitative estimate of drug-likeness (QED) is 0.533. The van der Waals surface area contributed by atoms with E-state index in [1.807, 2.05) is 30.3 Å². The molecule has 3 aromatic rings. The van der Waals surface area contributed by atoms with E-state index in [0.29, 0.717) is 43.1 Å². The molecule has 9 heteroatoms. The molecule has 1 fully saturated rings. The van der Waals surface area contributed by atoms with Crippen LogP contribution < -0.4 is 25.0 Å². The Kier molecular flexibility index (Phi) is 7.45. The Hall–Kier alpha value is -4.14. The minimum atomic E-state index is -0.181. The lowest BCUT2D eigenvalue weighted by atomic mass is 9.95. The van der Waals surface area contributed by atoms with Crippen molar-refractivity contribution in [1.29, 1.82) is 0 Å². The average molecular weight is 476 g/mol. The molecule has 2 aromatic carbocycles. The van der Waals surface area contributed by atoms with E-state index in [9.17, 15) is 9.59 Å². The van der Waals surface area contributed by atoms with Crippen LogP contribution in [0, 0.1) is 5.92 Å². The predicted molar refractivity (Wildman–Crippen MR) is 135 cm³/mol. The van der Waals surface area contributed by atoms with Gasteiger partial charge in [0.05, 0.1) is 25.6 Å². The fourth-order valence-electron chi connectivity index (χ4n) is 4.13. The summed E-state index contributed by atoms with van der Waals surface area (Å²) in [4.78, 5) is 35.4. The van der Waals surface area contributed by atoms with Crippen molar-refractivity contribution in [2.75, 3.05) is 42.8 Å². The van der Waals surface area contributed by atoms with Crippen molar-refractivity contribution >= 4 is 29.0 Å². The van der Waals surface area contributed by atoms with E-state index in [1.165, 1.54) is 6.92 Å². The number of hydrogen-bond acceptors (Lipinski definition) is 7. The van der Waals surface area contributed by atoms with Crippen LogP contribution in [0.5, 0.6) is 11.5 Å². The van der Waals surface area contributed by atoms with E-state index in [4.69, 9.17) is 9.47 Å². The van der Waals surface area contributed by atoms with Crippen molar-refractivity contribution in [3.63, 3.8) is 0 Å². The fraction of sp³-hybridized carbons (Fsp3) is 0.308. The highest BCUT2D eigenvalue weighted by Crippen LogP contribution is 2.30. The highest BCUT2D eigenvalue weighted by Gasteiger charge is 2.26. The van der Waals surface area contributed by atoms with Crippen LogP contribution in [0.1, 0.15) is 19.8 Å². The maximum atomic E-state index is 13.0. The normalized spacial score (nSPS) is 13.7. The number of carbonyl (C=O) groups excluding carboxylic acids is 2. The van der Waals surface area contributed by atoms with E-state index >= 15 is 0 Å². The number of carbonyl (C=O) groups is 2. The van der Waals surface area contributed by atoms with Crippen LogP contribution in [-0.4, -0.2) is 49.1 Å². The van der Waals surface area contributed by atoms with Gasteiger partial charge in [-0.15, -0.1) is 0 Å². The van der Waals surface area contributed by atoms with Gasteiger partial charge < -0.3 is 25.0 Å². The van der Waals surface area contributed by atoms with Crippen LogP contribution in [0.4, 0.5) is 17.2 Å². The molecule has 4 rings (SSSR count). The number of nitrogens with one attached hydrogen (secondary N) is 2. The van der Waals surface area contributed by atoms with Crippen LogP contribution in [0.15, 0.2) is 54.9 Å². The molecule has 35 heavy (non-hydrogen) atoms. The molecular formula is C26H29N5O4. The summed E-state index contributed by atoms with van der Waals surface area (Å²) in [6.07, 6.45) is 2.96. The summed E-state index contributed by atoms with van der Waals surface area (Å²) in [7, 11) is 3.19. The Morgan fingerprint density at radius 3 is 2.34 bits per heavy atom. The molecule has 1 aliphatic heterocycles. The number of methoxy groups -OCH3 is 2. The number of aromatic nitrogens is 2. The third kappa shape index (κ3) is 5.87. The molecule has 2 N–H and O–H groups in total. The Bertz CT molecular complexity index is 1190. The number of ether oxygens (including phenoxy) is 2. The number of benzene rings is 2. The number of nitrogens with zero attached hydrogens (tertiary/aromatic N) is 3. The second-order valence-electron chi connectivity index (χ2n) is 8.34. The summed E-state index contributed by atoms with van der Waals surface area (Å²) in [6.45, 7) is 2.86. The third-order valence-electron chi connectivity index (χ3n) is 6.01. The molecule has 0 spiro atoms. The van der Waals surface area contributed by atoms with Gasteiger partial charge in [0.25, 0.3) is 0 Å². The molecule has 9 nitrogen and oxygen atoms in total. The smallest absolute Gasteiger partial charge is 0.227 e. The molecule has 1 saturated heterocycles. The highest BCUT2D eigenvalue weighted by atomic mass is 16.5. The van der Waals surface area contributed by atoms with Gasteiger partial charge in [-0.1, -0.05) is 0 Å². The van der Waals surface area contributed by atoms with Gasteiger partial charge in [0.2, 0.25) is 11.8 Å². The van der Waals surface area contributed by atoms with Crippen molar-refractivity contribution in [1.82, 2.24) is 9.97 Å². The standard InChI is InChI=1S/C26H29N5O4/c1-17(32)29-20-6-9-24(35-3)23(14-20)30-26(33)19-10-12-31(13-11-19)25-15-22(27-16-28-25)18-4-7-21(34-2)8-5-18/h4-9,14-16,19H,10-13H2,1-3H3,(H,29,32)(H,30,33). The first-order chi connectivity index (χ1) is 17.0. The number of hydrogen-bond donors (Lipinski definition) is 2. The van der Waals surface area contributed by atoms with E-state index < -0.39 is 0 Å². The molecule has 2 heterocycles. The topological polar surface area (TPSA) is 106 Å². The lowest BCUT2D eigenvalue weighted by Crippen LogP contribution is -2.38. The summed E-state index contributed by atoms with van der Waals surface area (Å²) in [5, 5.41) is 5.69. The van der Waals surface area contributed by atoms with Crippen LogP contribution >= 0.6 is 0 Å². The molecule has 0 radical (unpaired) electrons. The number of rotatable bonds is 7. The molecule has 182 valence electrons. The summed E-state index contributed by atoms with van der Waals surface area (Å²) in [5.41, 5.74) is 2.95. The molecule has 0 aliphatic carbocycles. The van der Waals surface area contributed by atoms with Gasteiger partial charge in [0.15, 0.2) is 0 Å². The first kappa shape index (κ1) is 24.0. The summed E-state index contributed by atoms with van der Waals surface area (Å²) in [5.74, 6) is 1.79. The van der Waals surface area contributed by atoms with Gasteiger partial charge in [-0.05, 0) is 55.3 Å². The first-order valence-electron chi connectivity index (χ1n) is 11.4.